The lowest BCUT2D eigenvalue weighted by atomic mass is 10.2. The molecule has 120 valence electrons. The van der Waals surface area contributed by atoms with Crippen molar-refractivity contribution in [3.8, 4) is 11.4 Å². The number of nitro benzene ring substituents is 1. The van der Waals surface area contributed by atoms with Crippen LogP contribution in [0.3, 0.4) is 0 Å². The molecule has 5 nitrogen and oxygen atoms in total. The van der Waals surface area contributed by atoms with Crippen LogP contribution in [0, 0.1) is 10.1 Å². The van der Waals surface area contributed by atoms with Crippen LogP contribution in [-0.4, -0.2) is 14.5 Å². The van der Waals surface area contributed by atoms with E-state index < -0.39 is 4.92 Å². The maximum atomic E-state index is 10.9. The number of halogens is 1. The zero-order valence-corrected chi connectivity index (χ0v) is 14.0. The molecule has 1 heterocycles. The monoisotopic (exact) mass is 331 g/mol. The Labute approximate surface area is 139 Å². The summed E-state index contributed by atoms with van der Waals surface area (Å²) in [6.07, 6.45) is 0. The van der Waals surface area contributed by atoms with E-state index in [2.05, 4.69) is 4.98 Å². The van der Waals surface area contributed by atoms with Crippen molar-refractivity contribution in [2.45, 2.75) is 27.3 Å². The maximum Gasteiger partial charge on any atom is 0.271 e. The van der Waals surface area contributed by atoms with Gasteiger partial charge in [0.1, 0.15) is 5.82 Å². The third-order valence-corrected chi connectivity index (χ3v) is 3.61. The van der Waals surface area contributed by atoms with E-state index in [1.54, 1.807) is 18.2 Å². The summed E-state index contributed by atoms with van der Waals surface area (Å²) in [5.74, 6) is 0.782. The van der Waals surface area contributed by atoms with E-state index in [-0.39, 0.29) is 5.69 Å². The normalized spacial score (nSPS) is 10.3. The molecule has 3 rings (SSSR count). The summed E-state index contributed by atoms with van der Waals surface area (Å²) < 4.78 is 2.03. The number of aryl methyl sites for hydroxylation is 1. The Balaban J connectivity index is 0.000000924. The van der Waals surface area contributed by atoms with Crippen LogP contribution in [0.5, 0.6) is 0 Å². The third-order valence-electron chi connectivity index (χ3n) is 3.36. The summed E-state index contributed by atoms with van der Waals surface area (Å²) in [5.41, 5.74) is 2.48. The number of fused-ring (bicyclic) bond motifs is 1. The van der Waals surface area contributed by atoms with Gasteiger partial charge < -0.3 is 4.57 Å². The number of nitrogens with zero attached hydrogens (tertiary/aromatic N) is 3. The first-order valence-electron chi connectivity index (χ1n) is 7.50. The van der Waals surface area contributed by atoms with E-state index >= 15 is 0 Å². The fourth-order valence-electron chi connectivity index (χ4n) is 2.37. The first-order valence-corrected chi connectivity index (χ1v) is 7.88. The molecule has 0 bridgehead atoms. The molecular formula is C17H18ClN3O2. The number of non-ortho nitro benzene ring substituents is 1. The summed E-state index contributed by atoms with van der Waals surface area (Å²) in [6, 6.07) is 12.1. The predicted molar refractivity (Wildman–Crippen MR) is 93.9 cm³/mol. The summed E-state index contributed by atoms with van der Waals surface area (Å²) in [7, 11) is 0. The Morgan fingerprint density at radius 1 is 1.17 bits per heavy atom. The molecule has 0 radical (unpaired) electrons. The quantitative estimate of drug-likeness (QED) is 0.482. The molecule has 0 unspecified atom stereocenters. The second-order valence-electron chi connectivity index (χ2n) is 4.62. The molecule has 0 saturated heterocycles. The van der Waals surface area contributed by atoms with Crippen molar-refractivity contribution in [1.82, 2.24) is 9.55 Å². The van der Waals surface area contributed by atoms with Crippen LogP contribution in [-0.2, 0) is 6.54 Å². The van der Waals surface area contributed by atoms with Crippen molar-refractivity contribution >= 4 is 28.3 Å². The van der Waals surface area contributed by atoms with Gasteiger partial charge >= 0.3 is 0 Å². The van der Waals surface area contributed by atoms with Gasteiger partial charge in [-0.2, -0.15) is 0 Å². The molecule has 0 aliphatic carbocycles. The fraction of sp³-hybridized carbons (Fsp3) is 0.235. The van der Waals surface area contributed by atoms with E-state index in [1.807, 2.05) is 37.5 Å². The maximum absolute atomic E-state index is 10.9. The van der Waals surface area contributed by atoms with Gasteiger partial charge in [-0.3, -0.25) is 10.1 Å². The van der Waals surface area contributed by atoms with Crippen LogP contribution in [0.1, 0.15) is 20.8 Å². The van der Waals surface area contributed by atoms with E-state index in [9.17, 15) is 10.1 Å². The zero-order valence-electron chi connectivity index (χ0n) is 13.3. The average Bonchev–Trinajstić information content (AvgIpc) is 2.94. The predicted octanol–water partition coefficient (Wildman–Crippen LogP) is 5.31. The summed E-state index contributed by atoms with van der Waals surface area (Å²) in [5, 5.41) is 11.5. The molecule has 6 heteroatoms. The Kier molecular flexibility index (Phi) is 5.34. The second-order valence-corrected chi connectivity index (χ2v) is 5.05. The first kappa shape index (κ1) is 17.0. The minimum atomic E-state index is -0.410. The molecule has 3 aromatic rings. The van der Waals surface area contributed by atoms with Crippen LogP contribution < -0.4 is 0 Å². The van der Waals surface area contributed by atoms with Gasteiger partial charge in [0.25, 0.3) is 5.69 Å². The van der Waals surface area contributed by atoms with Gasteiger partial charge in [0.2, 0.25) is 0 Å². The molecule has 0 saturated carbocycles. The molecule has 2 aromatic carbocycles. The SMILES string of the molecule is CC.CCn1c(-c2ccc(Cl)cc2)nc2cc([N+](=O)[O-])ccc21. The Bertz CT molecular complexity index is 826. The lowest BCUT2D eigenvalue weighted by Crippen LogP contribution is -1.97. The van der Waals surface area contributed by atoms with Gasteiger partial charge in [-0.25, -0.2) is 4.98 Å². The van der Waals surface area contributed by atoms with Crippen molar-refractivity contribution in [2.75, 3.05) is 0 Å². The number of aromatic nitrogens is 2. The lowest BCUT2D eigenvalue weighted by molar-refractivity contribution is -0.384. The molecule has 0 fully saturated rings. The first-order chi connectivity index (χ1) is 11.1. The fourth-order valence-corrected chi connectivity index (χ4v) is 2.50. The number of benzene rings is 2. The minimum absolute atomic E-state index is 0.0471. The Morgan fingerprint density at radius 2 is 1.83 bits per heavy atom. The molecule has 0 aliphatic heterocycles. The van der Waals surface area contributed by atoms with E-state index in [1.165, 1.54) is 12.1 Å². The molecule has 0 N–H and O–H groups in total. The van der Waals surface area contributed by atoms with Gasteiger partial charge in [0.05, 0.1) is 16.0 Å². The second kappa shape index (κ2) is 7.24. The number of nitro groups is 1. The van der Waals surface area contributed by atoms with Crippen LogP contribution in [0.25, 0.3) is 22.4 Å². The standard InChI is InChI=1S/C15H12ClN3O2.C2H6/c1-2-18-14-8-7-12(19(20)21)9-13(14)17-15(18)10-3-5-11(16)6-4-10;1-2/h3-9H,2H2,1H3;1-2H3. The molecule has 1 aromatic heterocycles. The molecule has 0 amide bonds. The van der Waals surface area contributed by atoms with Crippen LogP contribution in [0.4, 0.5) is 5.69 Å². The highest BCUT2D eigenvalue weighted by Gasteiger charge is 2.14. The Hall–Kier alpha value is -2.40. The number of rotatable bonds is 3. The third kappa shape index (κ3) is 3.35. The number of imidazole rings is 1. The van der Waals surface area contributed by atoms with Gasteiger partial charge in [-0.1, -0.05) is 25.4 Å². The van der Waals surface area contributed by atoms with E-state index in [0.29, 0.717) is 10.5 Å². The number of hydrogen-bond donors (Lipinski definition) is 0. The van der Waals surface area contributed by atoms with Crippen LogP contribution >= 0.6 is 11.6 Å². The van der Waals surface area contributed by atoms with Crippen molar-refractivity contribution in [2.24, 2.45) is 0 Å². The highest BCUT2D eigenvalue weighted by Crippen LogP contribution is 2.28. The van der Waals surface area contributed by atoms with Gasteiger partial charge in [0, 0.05) is 29.3 Å². The highest BCUT2D eigenvalue weighted by molar-refractivity contribution is 6.30. The van der Waals surface area contributed by atoms with Gasteiger partial charge in [-0.15, -0.1) is 0 Å². The van der Waals surface area contributed by atoms with Crippen molar-refractivity contribution in [3.63, 3.8) is 0 Å². The van der Waals surface area contributed by atoms with Crippen molar-refractivity contribution in [3.05, 3.63) is 57.6 Å². The van der Waals surface area contributed by atoms with Gasteiger partial charge in [0.15, 0.2) is 0 Å². The average molecular weight is 332 g/mol. The largest absolute Gasteiger partial charge is 0.324 e. The molecule has 0 atom stereocenters. The highest BCUT2D eigenvalue weighted by atomic mass is 35.5. The minimum Gasteiger partial charge on any atom is -0.324 e. The van der Waals surface area contributed by atoms with E-state index in [0.717, 1.165) is 23.4 Å². The smallest absolute Gasteiger partial charge is 0.271 e. The van der Waals surface area contributed by atoms with Gasteiger partial charge in [-0.05, 0) is 37.3 Å². The molecular weight excluding hydrogens is 314 g/mol. The zero-order chi connectivity index (χ0) is 17.0. The number of hydrogen-bond acceptors (Lipinski definition) is 3. The summed E-state index contributed by atoms with van der Waals surface area (Å²) >= 11 is 5.90. The van der Waals surface area contributed by atoms with Crippen molar-refractivity contribution < 1.29 is 4.92 Å². The molecule has 0 spiro atoms. The molecule has 23 heavy (non-hydrogen) atoms. The molecule has 0 aliphatic rings. The van der Waals surface area contributed by atoms with Crippen molar-refractivity contribution in [1.29, 1.82) is 0 Å². The van der Waals surface area contributed by atoms with Crippen LogP contribution in [0.15, 0.2) is 42.5 Å². The summed E-state index contributed by atoms with van der Waals surface area (Å²) in [6.45, 7) is 6.74. The Morgan fingerprint density at radius 3 is 2.39 bits per heavy atom. The van der Waals surface area contributed by atoms with Crippen LogP contribution in [0.2, 0.25) is 5.02 Å². The topological polar surface area (TPSA) is 61.0 Å². The lowest BCUT2D eigenvalue weighted by Gasteiger charge is -2.06. The summed E-state index contributed by atoms with van der Waals surface area (Å²) in [4.78, 5) is 15.0. The van der Waals surface area contributed by atoms with E-state index in [4.69, 9.17) is 11.6 Å².